The van der Waals surface area contributed by atoms with E-state index >= 15 is 0 Å². The van der Waals surface area contributed by atoms with Gasteiger partial charge in [0.1, 0.15) is 17.4 Å². The average Bonchev–Trinajstić information content (AvgIpc) is 2.60. The number of amides is 1. The van der Waals surface area contributed by atoms with Crippen molar-refractivity contribution >= 4 is 11.9 Å². The highest BCUT2D eigenvalue weighted by Gasteiger charge is 2.27. The molecule has 0 heterocycles. The van der Waals surface area contributed by atoms with Gasteiger partial charge in [-0.2, -0.15) is 0 Å². The molecule has 0 aromatic heterocycles. The topological polar surface area (TPSA) is 64.6 Å². The van der Waals surface area contributed by atoms with Crippen LogP contribution in [0.1, 0.15) is 31.9 Å². The monoisotopic (exact) mass is 369 g/mol. The maximum absolute atomic E-state index is 12.6. The first kappa shape index (κ1) is 20.5. The van der Waals surface area contributed by atoms with Crippen molar-refractivity contribution in [3.05, 3.63) is 65.7 Å². The Balaban J connectivity index is 2.09. The fourth-order valence-electron chi connectivity index (χ4n) is 2.63. The molecule has 1 amide bonds. The summed E-state index contributed by atoms with van der Waals surface area (Å²) in [6.07, 6.45) is 0.533. The van der Waals surface area contributed by atoms with Crippen molar-refractivity contribution in [2.24, 2.45) is 0 Å². The Morgan fingerprint density at radius 3 is 2.30 bits per heavy atom. The van der Waals surface area contributed by atoms with Gasteiger partial charge in [-0.05, 0) is 44.0 Å². The van der Waals surface area contributed by atoms with Crippen LogP contribution >= 0.6 is 0 Å². The van der Waals surface area contributed by atoms with Gasteiger partial charge in [0, 0.05) is 6.42 Å². The number of hydrogen-bond acceptors (Lipinski definition) is 4. The summed E-state index contributed by atoms with van der Waals surface area (Å²) in [5.74, 6) is 0.00802. The third-order valence-corrected chi connectivity index (χ3v) is 3.81. The molecule has 0 saturated carbocycles. The number of methoxy groups -OCH3 is 1. The highest BCUT2D eigenvalue weighted by atomic mass is 16.6. The van der Waals surface area contributed by atoms with Gasteiger partial charge >= 0.3 is 5.97 Å². The molecule has 1 N–H and O–H groups in total. The summed E-state index contributed by atoms with van der Waals surface area (Å²) in [5, 5.41) is 2.82. The maximum Gasteiger partial charge on any atom is 0.329 e. The zero-order valence-electron chi connectivity index (χ0n) is 16.3. The number of nitrogens with one attached hydrogen (secondary N) is 1. The number of benzene rings is 2. The number of esters is 1. The van der Waals surface area contributed by atoms with Crippen LogP contribution in [0.3, 0.4) is 0 Å². The lowest BCUT2D eigenvalue weighted by molar-refractivity contribution is -0.158. The highest BCUT2D eigenvalue weighted by molar-refractivity contribution is 5.86. The Morgan fingerprint density at radius 1 is 1.00 bits per heavy atom. The maximum atomic E-state index is 12.6. The number of carbonyl (C=O) groups is 2. The van der Waals surface area contributed by atoms with Crippen LogP contribution in [0.15, 0.2) is 54.6 Å². The van der Waals surface area contributed by atoms with Crippen molar-refractivity contribution in [1.29, 1.82) is 0 Å². The molecule has 0 bridgehead atoms. The number of hydrogen-bond donors (Lipinski definition) is 1. The first-order chi connectivity index (χ1) is 12.8. The Morgan fingerprint density at radius 2 is 1.67 bits per heavy atom. The molecule has 27 heavy (non-hydrogen) atoms. The van der Waals surface area contributed by atoms with Crippen LogP contribution in [0.2, 0.25) is 0 Å². The van der Waals surface area contributed by atoms with E-state index in [-0.39, 0.29) is 12.3 Å². The smallest absolute Gasteiger partial charge is 0.329 e. The van der Waals surface area contributed by atoms with Crippen LogP contribution in [-0.4, -0.2) is 30.6 Å². The molecule has 0 saturated heterocycles. The van der Waals surface area contributed by atoms with E-state index in [4.69, 9.17) is 9.47 Å². The summed E-state index contributed by atoms with van der Waals surface area (Å²) < 4.78 is 10.7. The van der Waals surface area contributed by atoms with Crippen LogP contribution in [0.25, 0.3) is 0 Å². The Kier molecular flexibility index (Phi) is 6.99. The van der Waals surface area contributed by atoms with E-state index in [1.165, 1.54) is 0 Å². The molecule has 0 fully saturated rings. The fraction of sp³-hybridized carbons (Fsp3) is 0.364. The van der Waals surface area contributed by atoms with E-state index < -0.39 is 17.6 Å². The molecule has 2 aromatic carbocycles. The van der Waals surface area contributed by atoms with Gasteiger partial charge in [0.25, 0.3) is 0 Å². The number of rotatable bonds is 7. The van der Waals surface area contributed by atoms with E-state index in [0.717, 1.165) is 11.1 Å². The third-order valence-electron chi connectivity index (χ3n) is 3.81. The molecule has 0 radical (unpaired) electrons. The van der Waals surface area contributed by atoms with Gasteiger partial charge < -0.3 is 14.8 Å². The van der Waals surface area contributed by atoms with Gasteiger partial charge in [0.05, 0.1) is 13.5 Å². The average molecular weight is 369 g/mol. The SMILES string of the molecule is COc1cccc(CC(=O)N[C@@H](Cc2ccccc2)C(=O)OC(C)(C)C)c1. The number of ether oxygens (including phenoxy) is 2. The molecular formula is C22H27NO4. The largest absolute Gasteiger partial charge is 0.497 e. The minimum Gasteiger partial charge on any atom is -0.497 e. The molecular weight excluding hydrogens is 342 g/mol. The van der Waals surface area contributed by atoms with Gasteiger partial charge in [-0.1, -0.05) is 42.5 Å². The third kappa shape index (κ3) is 7.13. The zero-order chi connectivity index (χ0) is 19.9. The second kappa shape index (κ2) is 9.21. The standard InChI is InChI=1S/C22H27NO4/c1-22(2,3)27-21(25)19(14-16-9-6-5-7-10-16)23-20(24)15-17-11-8-12-18(13-17)26-4/h5-13,19H,14-15H2,1-4H3,(H,23,24)/t19-/m0/s1. The minimum atomic E-state index is -0.746. The lowest BCUT2D eigenvalue weighted by Gasteiger charge is -2.24. The van der Waals surface area contributed by atoms with Crippen LogP contribution in [0.5, 0.6) is 5.75 Å². The first-order valence-electron chi connectivity index (χ1n) is 8.96. The molecule has 5 heteroatoms. The molecule has 0 aliphatic rings. The second-order valence-corrected chi connectivity index (χ2v) is 7.37. The van der Waals surface area contributed by atoms with Crippen molar-refractivity contribution in [3.63, 3.8) is 0 Å². The lowest BCUT2D eigenvalue weighted by atomic mass is 10.0. The summed E-state index contributed by atoms with van der Waals surface area (Å²) in [6, 6.07) is 16.1. The normalized spacial score (nSPS) is 12.1. The Bertz CT molecular complexity index is 765. The van der Waals surface area contributed by atoms with Gasteiger partial charge in [-0.3, -0.25) is 4.79 Å². The van der Waals surface area contributed by atoms with E-state index in [0.29, 0.717) is 12.2 Å². The van der Waals surface area contributed by atoms with Crippen molar-refractivity contribution in [2.45, 2.75) is 45.3 Å². The summed E-state index contributed by atoms with van der Waals surface area (Å²) in [5.41, 5.74) is 1.15. The number of carbonyl (C=O) groups excluding carboxylic acids is 2. The summed E-state index contributed by atoms with van der Waals surface area (Å²) in [6.45, 7) is 5.42. The summed E-state index contributed by atoms with van der Waals surface area (Å²) in [4.78, 5) is 25.1. The summed E-state index contributed by atoms with van der Waals surface area (Å²) in [7, 11) is 1.58. The summed E-state index contributed by atoms with van der Waals surface area (Å²) >= 11 is 0. The predicted molar refractivity (Wildman–Crippen MR) is 105 cm³/mol. The lowest BCUT2D eigenvalue weighted by Crippen LogP contribution is -2.46. The molecule has 2 rings (SSSR count). The van der Waals surface area contributed by atoms with Gasteiger partial charge in [-0.25, -0.2) is 4.79 Å². The first-order valence-corrected chi connectivity index (χ1v) is 8.96. The van der Waals surface area contributed by atoms with Crippen molar-refractivity contribution in [1.82, 2.24) is 5.32 Å². The van der Waals surface area contributed by atoms with Crippen molar-refractivity contribution < 1.29 is 19.1 Å². The predicted octanol–water partition coefficient (Wildman–Crippen LogP) is 3.31. The van der Waals surface area contributed by atoms with E-state index in [9.17, 15) is 9.59 Å². The minimum absolute atomic E-state index is 0.158. The quantitative estimate of drug-likeness (QED) is 0.761. The molecule has 0 aliphatic heterocycles. The molecule has 144 valence electrons. The van der Waals surface area contributed by atoms with E-state index in [1.807, 2.05) is 69.3 Å². The molecule has 0 aliphatic carbocycles. The van der Waals surface area contributed by atoms with E-state index in [1.54, 1.807) is 13.2 Å². The Hall–Kier alpha value is -2.82. The fourth-order valence-corrected chi connectivity index (χ4v) is 2.63. The molecule has 5 nitrogen and oxygen atoms in total. The molecule has 0 spiro atoms. The molecule has 1 atom stereocenters. The van der Waals surface area contributed by atoms with Gasteiger partial charge in [-0.15, -0.1) is 0 Å². The zero-order valence-corrected chi connectivity index (χ0v) is 16.3. The Labute approximate surface area is 160 Å². The molecule has 2 aromatic rings. The van der Waals surface area contributed by atoms with Crippen LogP contribution in [-0.2, 0) is 27.2 Å². The van der Waals surface area contributed by atoms with Crippen LogP contribution < -0.4 is 10.1 Å². The second-order valence-electron chi connectivity index (χ2n) is 7.37. The van der Waals surface area contributed by atoms with Gasteiger partial charge in [0.15, 0.2) is 0 Å². The molecule has 0 unspecified atom stereocenters. The highest BCUT2D eigenvalue weighted by Crippen LogP contribution is 2.14. The van der Waals surface area contributed by atoms with Crippen molar-refractivity contribution in [3.8, 4) is 5.75 Å². The van der Waals surface area contributed by atoms with Crippen LogP contribution in [0.4, 0.5) is 0 Å². The van der Waals surface area contributed by atoms with Crippen LogP contribution in [0, 0.1) is 0 Å². The van der Waals surface area contributed by atoms with Gasteiger partial charge in [0.2, 0.25) is 5.91 Å². The van der Waals surface area contributed by atoms with Crippen molar-refractivity contribution in [2.75, 3.05) is 7.11 Å². The van der Waals surface area contributed by atoms with E-state index in [2.05, 4.69) is 5.32 Å².